The average molecular weight is 417 g/mol. The first-order valence-corrected chi connectivity index (χ1v) is 10.6. The van der Waals surface area contributed by atoms with Crippen LogP contribution in [0.4, 0.5) is 10.1 Å². The largest absolute Gasteiger partial charge is 0.481 e. The van der Waals surface area contributed by atoms with Crippen molar-refractivity contribution in [3.63, 3.8) is 0 Å². The lowest BCUT2D eigenvalue weighted by Gasteiger charge is -2.48. The van der Waals surface area contributed by atoms with Gasteiger partial charge in [-0.2, -0.15) is 0 Å². The summed E-state index contributed by atoms with van der Waals surface area (Å²) >= 11 is 6.23. The number of hydrogen-bond acceptors (Lipinski definition) is 3. The molecular weight excluding hydrogens is 391 g/mol. The minimum atomic E-state index is -0.788. The van der Waals surface area contributed by atoms with Crippen LogP contribution in [0.15, 0.2) is 30.3 Å². The number of likely N-dealkylation sites (tertiary alicyclic amines) is 1. The first-order chi connectivity index (χ1) is 13.9. The number of aryl methyl sites for hydroxylation is 2. The van der Waals surface area contributed by atoms with Crippen molar-refractivity contribution in [2.45, 2.75) is 39.3 Å². The van der Waals surface area contributed by atoms with E-state index in [0.29, 0.717) is 30.2 Å². The highest BCUT2D eigenvalue weighted by atomic mass is 35.5. The van der Waals surface area contributed by atoms with Gasteiger partial charge in [0.2, 0.25) is 0 Å². The molecule has 2 aromatic rings. The zero-order valence-electron chi connectivity index (χ0n) is 16.8. The smallest absolute Gasteiger partial charge is 0.309 e. The molecule has 0 aromatic heterocycles. The lowest BCUT2D eigenvalue weighted by atomic mass is 9.93. The van der Waals surface area contributed by atoms with Crippen LogP contribution in [0.2, 0.25) is 5.02 Å². The van der Waals surface area contributed by atoms with Crippen molar-refractivity contribution in [1.82, 2.24) is 4.90 Å². The molecule has 6 heteroatoms. The van der Waals surface area contributed by atoms with E-state index in [9.17, 15) is 9.90 Å². The van der Waals surface area contributed by atoms with Gasteiger partial charge in [-0.05, 0) is 74.1 Å². The first-order valence-electron chi connectivity index (χ1n) is 10.2. The Bertz CT molecular complexity index is 943. The number of halogens is 2. The van der Waals surface area contributed by atoms with Crippen LogP contribution in [0, 0.1) is 18.7 Å². The Hall–Kier alpha value is -2.11. The molecule has 1 aliphatic carbocycles. The van der Waals surface area contributed by atoms with E-state index < -0.39 is 11.9 Å². The van der Waals surface area contributed by atoms with E-state index in [1.165, 1.54) is 5.56 Å². The van der Waals surface area contributed by atoms with E-state index in [4.69, 9.17) is 11.6 Å². The summed E-state index contributed by atoms with van der Waals surface area (Å²) in [6.45, 7) is 5.52. The van der Waals surface area contributed by atoms with Crippen LogP contribution >= 0.6 is 11.6 Å². The van der Waals surface area contributed by atoms with Gasteiger partial charge in [-0.1, -0.05) is 17.7 Å². The van der Waals surface area contributed by atoms with Gasteiger partial charge in [-0.15, -0.1) is 0 Å². The van der Waals surface area contributed by atoms with Gasteiger partial charge in [0, 0.05) is 35.9 Å². The average Bonchev–Trinajstić information content (AvgIpc) is 3.11. The third-order valence-electron chi connectivity index (χ3n) is 6.25. The number of benzene rings is 2. The predicted octanol–water partition coefficient (Wildman–Crippen LogP) is 4.82. The Morgan fingerprint density at radius 3 is 2.72 bits per heavy atom. The van der Waals surface area contributed by atoms with E-state index in [2.05, 4.69) is 9.80 Å². The van der Waals surface area contributed by atoms with Crippen LogP contribution in [0.25, 0.3) is 0 Å². The van der Waals surface area contributed by atoms with Crippen LogP contribution in [-0.2, 0) is 17.6 Å². The van der Waals surface area contributed by atoms with Gasteiger partial charge < -0.3 is 10.0 Å². The fraction of sp³-hybridized carbons (Fsp3) is 0.435. The van der Waals surface area contributed by atoms with Gasteiger partial charge in [0.25, 0.3) is 0 Å². The molecule has 1 aliphatic heterocycles. The standard InChI is InChI=1S/C23H26ClFN2O2/c1-3-27(17-8-9-19(24)14(2)11-17)22(26-12-16(13-26)23(28)29)21-18-6-4-5-15(18)7-10-20(21)25/h7-11,16,22H,3-6,12-13H2,1-2H3,(H,28,29). The quantitative estimate of drug-likeness (QED) is 0.733. The van der Waals surface area contributed by atoms with Crippen molar-refractivity contribution in [3.8, 4) is 0 Å². The molecule has 154 valence electrons. The van der Waals surface area contributed by atoms with Gasteiger partial charge in [0.15, 0.2) is 0 Å². The highest BCUT2D eigenvalue weighted by molar-refractivity contribution is 6.31. The number of carbonyl (C=O) groups is 1. The zero-order chi connectivity index (χ0) is 20.7. The van der Waals surface area contributed by atoms with Gasteiger partial charge >= 0.3 is 5.97 Å². The van der Waals surface area contributed by atoms with E-state index in [1.807, 2.05) is 38.1 Å². The summed E-state index contributed by atoms with van der Waals surface area (Å²) in [5.74, 6) is -1.40. The number of aliphatic carboxylic acids is 1. The number of hydrogen-bond donors (Lipinski definition) is 1. The molecule has 4 nitrogen and oxygen atoms in total. The summed E-state index contributed by atoms with van der Waals surface area (Å²) in [5.41, 5.74) is 4.95. The molecule has 0 saturated carbocycles. The summed E-state index contributed by atoms with van der Waals surface area (Å²) in [5, 5.41) is 10.1. The highest BCUT2D eigenvalue weighted by Gasteiger charge is 2.42. The number of carboxylic acid groups (broad SMARTS) is 1. The summed E-state index contributed by atoms with van der Waals surface area (Å²) < 4.78 is 15.2. The Balaban J connectivity index is 1.80. The lowest BCUT2D eigenvalue weighted by molar-refractivity contribution is -0.148. The van der Waals surface area contributed by atoms with Crippen LogP contribution < -0.4 is 4.90 Å². The molecule has 1 fully saturated rings. The fourth-order valence-corrected chi connectivity index (χ4v) is 4.77. The maximum absolute atomic E-state index is 15.2. The number of anilines is 1. The summed E-state index contributed by atoms with van der Waals surface area (Å²) in [6, 6.07) is 9.32. The van der Waals surface area contributed by atoms with Crippen LogP contribution in [-0.4, -0.2) is 35.6 Å². The Morgan fingerprint density at radius 2 is 2.07 bits per heavy atom. The van der Waals surface area contributed by atoms with Crippen molar-refractivity contribution in [1.29, 1.82) is 0 Å². The Morgan fingerprint density at radius 1 is 1.31 bits per heavy atom. The topological polar surface area (TPSA) is 43.8 Å². The molecule has 2 aromatic carbocycles. The number of fused-ring (bicyclic) bond motifs is 1. The maximum Gasteiger partial charge on any atom is 0.309 e. The third kappa shape index (κ3) is 3.62. The van der Waals surface area contributed by atoms with Gasteiger partial charge in [-0.25, -0.2) is 4.39 Å². The molecular formula is C23H26ClFN2O2. The molecule has 1 saturated heterocycles. The molecule has 1 N–H and O–H groups in total. The van der Waals surface area contributed by atoms with E-state index in [0.717, 1.165) is 36.1 Å². The van der Waals surface area contributed by atoms with Crippen LogP contribution in [0.1, 0.15) is 41.8 Å². The predicted molar refractivity (Wildman–Crippen MR) is 113 cm³/mol. The molecule has 0 bridgehead atoms. The van der Waals surface area contributed by atoms with E-state index in [-0.39, 0.29) is 12.0 Å². The lowest BCUT2D eigenvalue weighted by Crippen LogP contribution is -2.56. The van der Waals surface area contributed by atoms with Crippen molar-refractivity contribution in [3.05, 3.63) is 63.4 Å². The SMILES string of the molecule is CCN(c1ccc(Cl)c(C)c1)C(c1c(F)ccc2c1CCC2)N1CC(C(=O)O)C1. The van der Waals surface area contributed by atoms with Crippen molar-refractivity contribution < 1.29 is 14.3 Å². The zero-order valence-corrected chi connectivity index (χ0v) is 17.5. The van der Waals surface area contributed by atoms with Crippen molar-refractivity contribution in [2.75, 3.05) is 24.5 Å². The second-order valence-electron chi connectivity index (χ2n) is 8.03. The molecule has 29 heavy (non-hydrogen) atoms. The molecule has 1 heterocycles. The summed E-state index contributed by atoms with van der Waals surface area (Å²) in [7, 11) is 0. The van der Waals surface area contributed by atoms with Crippen molar-refractivity contribution in [2.24, 2.45) is 5.92 Å². The second kappa shape index (κ2) is 7.96. The fourth-order valence-electron chi connectivity index (χ4n) is 4.65. The number of rotatable bonds is 6. The molecule has 0 amide bonds. The van der Waals surface area contributed by atoms with Gasteiger partial charge in [0.05, 0.1) is 5.92 Å². The van der Waals surface area contributed by atoms with Crippen LogP contribution in [0.3, 0.4) is 0 Å². The Labute approximate surface area is 175 Å². The monoisotopic (exact) mass is 416 g/mol. The number of carboxylic acids is 1. The summed E-state index contributed by atoms with van der Waals surface area (Å²) in [4.78, 5) is 15.7. The second-order valence-corrected chi connectivity index (χ2v) is 8.44. The normalized spacial score (nSPS) is 17.7. The maximum atomic E-state index is 15.2. The first kappa shape index (κ1) is 20.2. The molecule has 1 unspecified atom stereocenters. The van der Waals surface area contributed by atoms with Gasteiger partial charge in [0.1, 0.15) is 12.0 Å². The van der Waals surface area contributed by atoms with E-state index >= 15 is 4.39 Å². The highest BCUT2D eigenvalue weighted by Crippen LogP contribution is 2.41. The van der Waals surface area contributed by atoms with Crippen molar-refractivity contribution >= 4 is 23.3 Å². The molecule has 2 aliphatic rings. The molecule has 1 atom stereocenters. The minimum Gasteiger partial charge on any atom is -0.481 e. The Kier molecular flexibility index (Phi) is 5.54. The number of nitrogens with zero attached hydrogens (tertiary/aromatic N) is 2. The van der Waals surface area contributed by atoms with Crippen LogP contribution in [0.5, 0.6) is 0 Å². The van der Waals surface area contributed by atoms with E-state index in [1.54, 1.807) is 6.07 Å². The molecule has 0 spiro atoms. The summed E-state index contributed by atoms with van der Waals surface area (Å²) in [6.07, 6.45) is 2.54. The molecule has 0 radical (unpaired) electrons. The minimum absolute atomic E-state index is 0.210. The molecule has 4 rings (SSSR count). The third-order valence-corrected chi connectivity index (χ3v) is 6.67. The van der Waals surface area contributed by atoms with Gasteiger partial charge in [-0.3, -0.25) is 9.69 Å².